The molecule has 0 aromatic heterocycles. The molecule has 0 radical (unpaired) electrons. The van der Waals surface area contributed by atoms with Crippen molar-refractivity contribution < 1.29 is 23.9 Å². The van der Waals surface area contributed by atoms with Crippen LogP contribution in [0.2, 0.25) is 0 Å². The van der Waals surface area contributed by atoms with Crippen LogP contribution in [0.1, 0.15) is 33.3 Å². The molecule has 6 nitrogen and oxygen atoms in total. The van der Waals surface area contributed by atoms with Gasteiger partial charge in [-0.15, -0.1) is 11.8 Å². The van der Waals surface area contributed by atoms with Gasteiger partial charge in [0.15, 0.2) is 0 Å². The van der Waals surface area contributed by atoms with Gasteiger partial charge in [0.05, 0.1) is 6.04 Å². The average Bonchev–Trinajstić information content (AvgIpc) is 2.50. The molecule has 1 amide bonds. The van der Waals surface area contributed by atoms with E-state index in [-0.39, 0.29) is 6.42 Å². The highest BCUT2D eigenvalue weighted by Gasteiger charge is 2.31. The Bertz CT molecular complexity index is 597. The lowest BCUT2D eigenvalue weighted by molar-refractivity contribution is -0.148. The molecule has 1 aromatic carbocycles. The van der Waals surface area contributed by atoms with E-state index in [2.05, 4.69) is 5.32 Å². The third-order valence-corrected chi connectivity index (χ3v) is 3.79. The van der Waals surface area contributed by atoms with Gasteiger partial charge >= 0.3 is 12.1 Å². The number of nitrogens with one attached hydrogen (secondary N) is 1. The van der Waals surface area contributed by atoms with Gasteiger partial charge in [-0.05, 0) is 32.6 Å². The summed E-state index contributed by atoms with van der Waals surface area (Å²) in [5.41, 5.74) is -0.792. The van der Waals surface area contributed by atoms with Gasteiger partial charge < -0.3 is 14.8 Å². The fourth-order valence-corrected chi connectivity index (χ4v) is 2.69. The van der Waals surface area contributed by atoms with Crippen molar-refractivity contribution in [3.63, 3.8) is 0 Å². The first-order valence-corrected chi connectivity index (χ1v) is 9.18. The van der Waals surface area contributed by atoms with Crippen molar-refractivity contribution in [3.8, 4) is 0 Å². The standard InChI is InChI=1S/C18H25NO5S/c1-12(20)23-16(25-5)15(21)14(11-13-9-7-6-8-10-13)19-17(22)24-18(2,3)4/h6-10,14,16H,11H2,1-5H3,(H,19,22)/t14-,16-/m0/s1. The minimum atomic E-state index is -0.985. The van der Waals surface area contributed by atoms with Crippen LogP contribution < -0.4 is 5.32 Å². The maximum absolute atomic E-state index is 12.7. The molecule has 0 spiro atoms. The van der Waals surface area contributed by atoms with Crippen LogP contribution in [0.5, 0.6) is 0 Å². The summed E-state index contributed by atoms with van der Waals surface area (Å²) in [6.07, 6.45) is 1.25. The average molecular weight is 367 g/mol. The molecule has 0 saturated heterocycles. The Morgan fingerprint density at radius 2 is 1.76 bits per heavy atom. The van der Waals surface area contributed by atoms with Crippen LogP contribution in [-0.2, 0) is 25.5 Å². The largest absolute Gasteiger partial charge is 0.444 e. The summed E-state index contributed by atoms with van der Waals surface area (Å²) in [6.45, 7) is 6.46. The van der Waals surface area contributed by atoms with E-state index in [1.807, 2.05) is 30.3 Å². The van der Waals surface area contributed by atoms with Gasteiger partial charge in [-0.25, -0.2) is 4.79 Å². The molecule has 0 aliphatic heterocycles. The number of carbonyl (C=O) groups excluding carboxylic acids is 3. The zero-order valence-corrected chi connectivity index (χ0v) is 16.0. The number of Topliss-reactive ketones (excluding diaryl/α,β-unsaturated/α-hetero) is 1. The molecule has 25 heavy (non-hydrogen) atoms. The third-order valence-electron chi connectivity index (χ3n) is 3.04. The Hall–Kier alpha value is -2.02. The summed E-state index contributed by atoms with van der Waals surface area (Å²) in [4.78, 5) is 36.1. The number of ether oxygens (including phenoxy) is 2. The summed E-state index contributed by atoms with van der Waals surface area (Å²) < 4.78 is 10.3. The predicted molar refractivity (Wildman–Crippen MR) is 97.4 cm³/mol. The molecule has 138 valence electrons. The van der Waals surface area contributed by atoms with Gasteiger partial charge in [-0.1, -0.05) is 30.3 Å². The first-order valence-electron chi connectivity index (χ1n) is 7.89. The van der Waals surface area contributed by atoms with E-state index in [0.717, 1.165) is 17.3 Å². The maximum atomic E-state index is 12.7. The number of thioether (sulfide) groups is 1. The Morgan fingerprint density at radius 1 is 1.16 bits per heavy atom. The number of carbonyl (C=O) groups is 3. The molecule has 0 saturated carbocycles. The van der Waals surface area contributed by atoms with Crippen molar-refractivity contribution in [2.45, 2.75) is 51.2 Å². The van der Waals surface area contributed by atoms with Gasteiger partial charge in [0.1, 0.15) is 5.60 Å². The van der Waals surface area contributed by atoms with E-state index in [0.29, 0.717) is 0 Å². The van der Waals surface area contributed by atoms with E-state index in [4.69, 9.17) is 9.47 Å². The Balaban J connectivity index is 2.95. The lowest BCUT2D eigenvalue weighted by atomic mass is 10.0. The molecule has 7 heteroatoms. The van der Waals surface area contributed by atoms with Crippen molar-refractivity contribution in [2.75, 3.05) is 6.26 Å². The summed E-state index contributed by atoms with van der Waals surface area (Å²) in [5.74, 6) is -0.944. The molecular weight excluding hydrogens is 342 g/mol. The fourth-order valence-electron chi connectivity index (χ4n) is 2.06. The maximum Gasteiger partial charge on any atom is 0.408 e. The molecule has 0 unspecified atom stereocenters. The summed E-state index contributed by atoms with van der Waals surface area (Å²) >= 11 is 1.10. The zero-order chi connectivity index (χ0) is 19.0. The topological polar surface area (TPSA) is 81.7 Å². The number of hydrogen-bond donors (Lipinski definition) is 1. The number of ketones is 1. The highest BCUT2D eigenvalue weighted by Crippen LogP contribution is 2.16. The SMILES string of the molecule is CS[C@H](OC(C)=O)C(=O)[C@H](Cc1ccccc1)NC(=O)OC(C)(C)C. The van der Waals surface area contributed by atoms with E-state index >= 15 is 0 Å². The highest BCUT2D eigenvalue weighted by molar-refractivity contribution is 7.99. The minimum Gasteiger partial charge on any atom is -0.444 e. The number of rotatable bonds is 7. The van der Waals surface area contributed by atoms with Crippen molar-refractivity contribution in [1.29, 1.82) is 0 Å². The van der Waals surface area contributed by atoms with Crippen molar-refractivity contribution >= 4 is 29.6 Å². The summed E-state index contributed by atoms with van der Waals surface area (Å²) in [6, 6.07) is 8.42. The molecule has 0 aliphatic rings. The van der Waals surface area contributed by atoms with E-state index < -0.39 is 34.9 Å². The fraction of sp³-hybridized carbons (Fsp3) is 0.500. The number of benzene rings is 1. The van der Waals surface area contributed by atoms with Crippen LogP contribution in [0.15, 0.2) is 30.3 Å². The molecule has 0 fully saturated rings. The number of alkyl carbamates (subject to hydrolysis) is 1. The van der Waals surface area contributed by atoms with Crippen LogP contribution >= 0.6 is 11.8 Å². The number of hydrogen-bond acceptors (Lipinski definition) is 6. The second-order valence-corrected chi connectivity index (χ2v) is 7.37. The summed E-state index contributed by atoms with van der Waals surface area (Å²) in [7, 11) is 0. The number of amides is 1. The van der Waals surface area contributed by atoms with E-state index in [9.17, 15) is 14.4 Å². The van der Waals surface area contributed by atoms with Gasteiger partial charge in [-0.2, -0.15) is 0 Å². The van der Waals surface area contributed by atoms with Gasteiger partial charge in [0, 0.05) is 13.3 Å². The molecule has 2 atom stereocenters. The smallest absolute Gasteiger partial charge is 0.408 e. The molecule has 1 aromatic rings. The number of esters is 1. The molecule has 0 bridgehead atoms. The molecule has 1 N–H and O–H groups in total. The van der Waals surface area contributed by atoms with E-state index in [1.54, 1.807) is 27.0 Å². The van der Waals surface area contributed by atoms with Crippen LogP contribution in [0, 0.1) is 0 Å². The van der Waals surface area contributed by atoms with Crippen LogP contribution in [-0.4, -0.2) is 41.2 Å². The van der Waals surface area contributed by atoms with Crippen LogP contribution in [0.3, 0.4) is 0 Å². The molecule has 1 rings (SSSR count). The van der Waals surface area contributed by atoms with Gasteiger partial charge in [0.2, 0.25) is 11.2 Å². The quantitative estimate of drug-likeness (QED) is 0.589. The first-order chi connectivity index (χ1) is 11.6. The normalized spacial score (nSPS) is 13.5. The van der Waals surface area contributed by atoms with Crippen molar-refractivity contribution in [3.05, 3.63) is 35.9 Å². The van der Waals surface area contributed by atoms with E-state index in [1.165, 1.54) is 6.92 Å². The van der Waals surface area contributed by atoms with Crippen molar-refractivity contribution in [2.24, 2.45) is 0 Å². The van der Waals surface area contributed by atoms with Gasteiger partial charge in [-0.3, -0.25) is 9.59 Å². The second kappa shape index (κ2) is 9.46. The Kier molecular flexibility index (Phi) is 7.96. The zero-order valence-electron chi connectivity index (χ0n) is 15.2. The second-order valence-electron chi connectivity index (χ2n) is 6.47. The minimum absolute atomic E-state index is 0.275. The molecule has 0 aliphatic carbocycles. The lowest BCUT2D eigenvalue weighted by Crippen LogP contribution is -2.48. The highest BCUT2D eigenvalue weighted by atomic mass is 32.2. The first kappa shape index (κ1) is 21.0. The lowest BCUT2D eigenvalue weighted by Gasteiger charge is -2.25. The van der Waals surface area contributed by atoms with Gasteiger partial charge in [0.25, 0.3) is 0 Å². The molecular formula is C18H25NO5S. The summed E-state index contributed by atoms with van der Waals surface area (Å²) in [5, 5.41) is 2.59. The van der Waals surface area contributed by atoms with Crippen LogP contribution in [0.4, 0.5) is 4.79 Å². The third kappa shape index (κ3) is 8.07. The van der Waals surface area contributed by atoms with Crippen molar-refractivity contribution in [1.82, 2.24) is 5.32 Å². The predicted octanol–water partition coefficient (Wildman–Crippen LogP) is 2.94. The van der Waals surface area contributed by atoms with Crippen LogP contribution in [0.25, 0.3) is 0 Å². The Morgan fingerprint density at radius 3 is 2.24 bits per heavy atom. The molecule has 0 heterocycles. The Labute approximate surface area is 152 Å². The monoisotopic (exact) mass is 367 g/mol.